The Labute approximate surface area is 322 Å². The van der Waals surface area contributed by atoms with Gasteiger partial charge in [0, 0.05) is 61.8 Å². The fourth-order valence-corrected chi connectivity index (χ4v) is 8.07. The molecule has 2 aromatic heterocycles. The van der Waals surface area contributed by atoms with Crippen molar-refractivity contribution in [2.45, 2.75) is 69.0 Å². The zero-order chi connectivity index (χ0) is 40.3. The van der Waals surface area contributed by atoms with E-state index in [1.165, 1.54) is 38.8 Å². The Morgan fingerprint density at radius 2 is 1.79 bits per heavy atom. The van der Waals surface area contributed by atoms with E-state index >= 15 is 0 Å². The molecule has 3 aliphatic rings. The minimum absolute atomic E-state index is 0.0506. The van der Waals surface area contributed by atoms with E-state index in [1.54, 1.807) is 46.1 Å². The number of hydrogen-bond donors (Lipinski definition) is 3. The van der Waals surface area contributed by atoms with E-state index in [-0.39, 0.29) is 70.1 Å². The summed E-state index contributed by atoms with van der Waals surface area (Å²) in [4.78, 5) is 82.6. The van der Waals surface area contributed by atoms with Crippen molar-refractivity contribution in [3.8, 4) is 22.6 Å². The molecular formula is C39H42N6O10S. The molecule has 1 saturated heterocycles. The highest BCUT2D eigenvalue weighted by Crippen LogP contribution is 2.47. The third-order valence-electron chi connectivity index (χ3n) is 10.4. The number of H-pyrrole nitrogens is 1. The summed E-state index contributed by atoms with van der Waals surface area (Å²) in [5, 5.41) is 5.39. The lowest BCUT2D eigenvalue weighted by atomic mass is 9.98. The SMILES string of the molecule is CN1C(=O)C(C)(C)Oc2c(-c3cn(C)c(=O)c4cc(C(=O)NCCCCCOc5cccc6c5CN(C5CCC(=O)NC5=O)C6=O)[nH]c34)cc(S(C)(=O)=O)cc21. The zero-order valence-corrected chi connectivity index (χ0v) is 32.4. The van der Waals surface area contributed by atoms with Gasteiger partial charge in [0.25, 0.3) is 23.3 Å². The summed E-state index contributed by atoms with van der Waals surface area (Å²) in [5.74, 6) is -1.08. The van der Waals surface area contributed by atoms with Gasteiger partial charge < -0.3 is 34.1 Å². The summed E-state index contributed by atoms with van der Waals surface area (Å²) in [7, 11) is -0.649. The standard InChI is InChI=1S/C39H42N6O10S/c1-39(2)38(51)44(4)29-17-21(56(5,52)53)16-23(33(29)55-39)26-19-43(3)36(49)24-18-27(41-32(24)26)34(47)40-14-7-6-8-15-54-30-11-9-10-22-25(30)20-45(37(22)50)28-12-13-31(46)42-35(28)48/h9-11,16-19,28,41H,6-8,12-15,20H2,1-5H3,(H,40,47)(H,42,46,48). The molecular weight excluding hydrogens is 745 g/mol. The van der Waals surface area contributed by atoms with E-state index in [2.05, 4.69) is 15.6 Å². The summed E-state index contributed by atoms with van der Waals surface area (Å²) >= 11 is 0. The fraction of sp³-hybridized carbons (Fsp3) is 0.385. The largest absolute Gasteiger partial charge is 0.493 e. The number of sulfone groups is 1. The number of hydrogen-bond acceptors (Lipinski definition) is 10. The average Bonchev–Trinajstić information content (AvgIpc) is 3.74. The van der Waals surface area contributed by atoms with Crippen LogP contribution < -0.4 is 30.6 Å². The predicted octanol–water partition coefficient (Wildman–Crippen LogP) is 2.81. The maximum atomic E-state index is 13.3. The lowest BCUT2D eigenvalue weighted by molar-refractivity contribution is -0.137. The number of aryl methyl sites for hydroxylation is 1. The van der Waals surface area contributed by atoms with Crippen molar-refractivity contribution < 1.29 is 41.9 Å². The Morgan fingerprint density at radius 3 is 2.52 bits per heavy atom. The molecule has 0 spiro atoms. The van der Waals surface area contributed by atoms with Gasteiger partial charge in [-0.15, -0.1) is 0 Å². The number of carbonyl (C=O) groups is 5. The van der Waals surface area contributed by atoms with Crippen molar-refractivity contribution in [1.29, 1.82) is 0 Å². The van der Waals surface area contributed by atoms with Gasteiger partial charge in [-0.3, -0.25) is 34.1 Å². The van der Waals surface area contributed by atoms with Gasteiger partial charge in [0.1, 0.15) is 17.5 Å². The lowest BCUT2D eigenvalue weighted by Gasteiger charge is -2.38. The van der Waals surface area contributed by atoms with Gasteiger partial charge in [0.05, 0.1) is 34.6 Å². The molecule has 56 heavy (non-hydrogen) atoms. The number of piperidine rings is 1. The van der Waals surface area contributed by atoms with Crippen molar-refractivity contribution >= 4 is 56.0 Å². The van der Waals surface area contributed by atoms with Gasteiger partial charge in [-0.1, -0.05) is 6.07 Å². The van der Waals surface area contributed by atoms with Crippen molar-refractivity contribution in [2.75, 3.05) is 31.4 Å². The third-order valence-corrected chi connectivity index (χ3v) is 11.5. The number of benzene rings is 2. The van der Waals surface area contributed by atoms with Crippen LogP contribution in [0.4, 0.5) is 5.69 Å². The molecule has 3 aliphatic heterocycles. The van der Waals surface area contributed by atoms with E-state index in [0.29, 0.717) is 65.9 Å². The van der Waals surface area contributed by atoms with Gasteiger partial charge >= 0.3 is 0 Å². The number of anilines is 1. The van der Waals surface area contributed by atoms with Gasteiger partial charge in [-0.25, -0.2) is 8.42 Å². The van der Waals surface area contributed by atoms with Crippen LogP contribution in [0.5, 0.6) is 11.5 Å². The van der Waals surface area contributed by atoms with Crippen molar-refractivity contribution in [3.63, 3.8) is 0 Å². The number of nitrogens with zero attached hydrogens (tertiary/aromatic N) is 3. The second-order valence-corrected chi connectivity index (χ2v) is 16.9. The van der Waals surface area contributed by atoms with Crippen molar-refractivity contribution in [3.05, 3.63) is 69.8 Å². The molecule has 17 heteroatoms. The first-order chi connectivity index (χ1) is 26.5. The van der Waals surface area contributed by atoms with Crippen LogP contribution in [0.15, 0.2) is 52.3 Å². The topological polar surface area (TPSA) is 206 Å². The number of ether oxygens (including phenoxy) is 2. The molecule has 3 N–H and O–H groups in total. The molecule has 1 unspecified atom stereocenters. The Hall–Kier alpha value is -5.97. The number of carbonyl (C=O) groups excluding carboxylic acids is 5. The van der Waals surface area contributed by atoms with E-state index in [4.69, 9.17) is 9.47 Å². The summed E-state index contributed by atoms with van der Waals surface area (Å²) in [6, 6.07) is 8.78. The molecule has 0 saturated carbocycles. The summed E-state index contributed by atoms with van der Waals surface area (Å²) in [6.07, 6.45) is 5.04. The van der Waals surface area contributed by atoms with Gasteiger partial charge in [0.15, 0.2) is 21.2 Å². The van der Waals surface area contributed by atoms with Crippen LogP contribution in [0.1, 0.15) is 72.4 Å². The quantitative estimate of drug-likeness (QED) is 0.150. The average molecular weight is 787 g/mol. The highest BCUT2D eigenvalue weighted by molar-refractivity contribution is 7.90. The summed E-state index contributed by atoms with van der Waals surface area (Å²) in [5.41, 5.74) is 0.948. The van der Waals surface area contributed by atoms with Crippen molar-refractivity contribution in [2.24, 2.45) is 7.05 Å². The number of amides is 5. The number of aromatic nitrogens is 2. The second-order valence-electron chi connectivity index (χ2n) is 14.8. The van der Waals surface area contributed by atoms with Crippen LogP contribution in [-0.2, 0) is 37.8 Å². The minimum Gasteiger partial charge on any atom is -0.493 e. The molecule has 2 aromatic carbocycles. The monoisotopic (exact) mass is 786 g/mol. The lowest BCUT2D eigenvalue weighted by Crippen LogP contribution is -2.52. The van der Waals surface area contributed by atoms with Crippen molar-refractivity contribution in [1.82, 2.24) is 25.1 Å². The van der Waals surface area contributed by atoms with Crippen LogP contribution in [-0.4, -0.2) is 90.5 Å². The number of imide groups is 1. The highest BCUT2D eigenvalue weighted by Gasteiger charge is 2.42. The maximum Gasteiger partial charge on any atom is 0.270 e. The summed E-state index contributed by atoms with van der Waals surface area (Å²) < 4.78 is 39.1. The van der Waals surface area contributed by atoms with E-state index in [9.17, 15) is 37.2 Å². The maximum absolute atomic E-state index is 13.3. The molecule has 4 aromatic rings. The minimum atomic E-state index is -3.74. The van der Waals surface area contributed by atoms with Crippen LogP contribution in [0.2, 0.25) is 0 Å². The first-order valence-corrected chi connectivity index (χ1v) is 20.1. The second kappa shape index (κ2) is 14.3. The number of aromatic amines is 1. The van der Waals surface area contributed by atoms with E-state index in [1.807, 2.05) is 0 Å². The number of unbranched alkanes of at least 4 members (excludes halogenated alkanes) is 2. The molecule has 5 heterocycles. The molecule has 1 fully saturated rings. The number of fused-ring (bicyclic) bond motifs is 3. The van der Waals surface area contributed by atoms with Crippen LogP contribution in [0, 0.1) is 0 Å². The normalized spacial score (nSPS) is 17.8. The van der Waals surface area contributed by atoms with Gasteiger partial charge in [-0.2, -0.15) is 0 Å². The smallest absolute Gasteiger partial charge is 0.270 e. The molecule has 294 valence electrons. The van der Waals surface area contributed by atoms with E-state index < -0.39 is 33.3 Å². The first-order valence-electron chi connectivity index (χ1n) is 18.2. The van der Waals surface area contributed by atoms with Gasteiger partial charge in [0.2, 0.25) is 11.8 Å². The van der Waals surface area contributed by atoms with Crippen LogP contribution in [0.3, 0.4) is 0 Å². The predicted molar refractivity (Wildman–Crippen MR) is 204 cm³/mol. The number of pyridine rings is 1. The zero-order valence-electron chi connectivity index (χ0n) is 31.6. The van der Waals surface area contributed by atoms with Crippen LogP contribution in [0.25, 0.3) is 22.0 Å². The Morgan fingerprint density at radius 1 is 1.02 bits per heavy atom. The molecule has 0 bridgehead atoms. The molecule has 0 radical (unpaired) electrons. The highest BCUT2D eigenvalue weighted by atomic mass is 32.2. The molecule has 7 rings (SSSR count). The van der Waals surface area contributed by atoms with E-state index in [0.717, 1.165) is 6.26 Å². The Kier molecular flexibility index (Phi) is 9.76. The molecule has 16 nitrogen and oxygen atoms in total. The first kappa shape index (κ1) is 38.3. The van der Waals surface area contributed by atoms with Gasteiger partial charge in [-0.05, 0) is 69.9 Å². The molecule has 5 amide bonds. The molecule has 0 aliphatic carbocycles. The Balaban J connectivity index is 1.01. The molecule has 1 atom stereocenters. The summed E-state index contributed by atoms with van der Waals surface area (Å²) in [6.45, 7) is 4.13. The third kappa shape index (κ3) is 6.91. The number of rotatable bonds is 11. The fourth-order valence-electron chi connectivity index (χ4n) is 7.41. The van der Waals surface area contributed by atoms with Crippen LogP contribution >= 0.6 is 0 Å². The Bertz CT molecular complexity index is 2520. The number of likely N-dealkylation sites (N-methyl/N-ethyl adjacent to an activating group) is 1. The number of nitrogens with one attached hydrogen (secondary N) is 3.